The standard InChI is InChI=1S/C19H36N2O7S/c1-12(22)8-13(23)9-14(24)10-16-27-11-19(2,3)17(28-16)18(26)21-5-4-15(25)20-6-7-29/h12-14,16-17,22-24,29H,4-11H2,1-3H3,(H,20,25)(H,21,26)/t12?,13?,14?,16?,17-/m0/s1. The molecular weight excluding hydrogens is 400 g/mol. The van der Waals surface area contributed by atoms with Crippen molar-refractivity contribution >= 4 is 24.4 Å². The summed E-state index contributed by atoms with van der Waals surface area (Å²) in [4.78, 5) is 24.2. The molecule has 0 spiro atoms. The highest BCUT2D eigenvalue weighted by Gasteiger charge is 2.43. The molecule has 0 radical (unpaired) electrons. The minimum atomic E-state index is -0.894. The van der Waals surface area contributed by atoms with Crippen LogP contribution in [0.25, 0.3) is 0 Å². The lowest BCUT2D eigenvalue weighted by Gasteiger charge is -2.41. The molecule has 0 saturated carbocycles. The molecule has 1 aliphatic heterocycles. The Morgan fingerprint density at radius 1 is 1.14 bits per heavy atom. The van der Waals surface area contributed by atoms with Gasteiger partial charge < -0.3 is 35.4 Å². The van der Waals surface area contributed by atoms with Gasteiger partial charge in [-0.05, 0) is 19.8 Å². The molecule has 5 N–H and O–H groups in total. The van der Waals surface area contributed by atoms with Crippen LogP contribution in [0, 0.1) is 5.41 Å². The van der Waals surface area contributed by atoms with Gasteiger partial charge >= 0.3 is 0 Å². The lowest BCUT2D eigenvalue weighted by molar-refractivity contribution is -0.261. The smallest absolute Gasteiger partial charge is 0.249 e. The Labute approximate surface area is 177 Å². The first-order valence-electron chi connectivity index (χ1n) is 10.0. The van der Waals surface area contributed by atoms with Crippen molar-refractivity contribution in [3.63, 3.8) is 0 Å². The first-order valence-corrected chi connectivity index (χ1v) is 10.6. The van der Waals surface area contributed by atoms with E-state index in [1.54, 1.807) is 6.92 Å². The van der Waals surface area contributed by atoms with E-state index in [2.05, 4.69) is 23.3 Å². The van der Waals surface area contributed by atoms with E-state index in [-0.39, 0.29) is 50.6 Å². The Morgan fingerprint density at radius 3 is 2.45 bits per heavy atom. The van der Waals surface area contributed by atoms with Gasteiger partial charge in [-0.2, -0.15) is 12.6 Å². The zero-order chi connectivity index (χ0) is 22.0. The third-order valence-corrected chi connectivity index (χ3v) is 4.81. The third-order valence-electron chi connectivity index (χ3n) is 4.58. The van der Waals surface area contributed by atoms with E-state index in [0.717, 1.165) is 0 Å². The largest absolute Gasteiger partial charge is 0.393 e. The van der Waals surface area contributed by atoms with Crippen molar-refractivity contribution in [2.75, 3.05) is 25.4 Å². The molecule has 170 valence electrons. The van der Waals surface area contributed by atoms with Gasteiger partial charge in [0.2, 0.25) is 11.8 Å². The summed E-state index contributed by atoms with van der Waals surface area (Å²) in [5.41, 5.74) is -0.578. The summed E-state index contributed by atoms with van der Waals surface area (Å²) >= 11 is 4.02. The fourth-order valence-electron chi connectivity index (χ4n) is 3.10. The number of hydrogen-bond acceptors (Lipinski definition) is 8. The van der Waals surface area contributed by atoms with Crippen molar-refractivity contribution in [2.45, 2.75) is 77.2 Å². The number of aliphatic hydroxyl groups excluding tert-OH is 3. The molecule has 9 nitrogen and oxygen atoms in total. The number of hydrogen-bond donors (Lipinski definition) is 6. The monoisotopic (exact) mass is 436 g/mol. The second-order valence-electron chi connectivity index (χ2n) is 8.22. The number of carbonyl (C=O) groups excluding carboxylic acids is 2. The molecule has 1 heterocycles. The Morgan fingerprint density at radius 2 is 1.83 bits per heavy atom. The molecule has 1 saturated heterocycles. The Balaban J connectivity index is 2.50. The van der Waals surface area contributed by atoms with Crippen LogP contribution < -0.4 is 10.6 Å². The molecule has 0 bridgehead atoms. The topological polar surface area (TPSA) is 137 Å². The molecule has 10 heteroatoms. The van der Waals surface area contributed by atoms with Gasteiger partial charge in [-0.25, -0.2) is 0 Å². The van der Waals surface area contributed by atoms with Gasteiger partial charge in [-0.15, -0.1) is 0 Å². The van der Waals surface area contributed by atoms with Crippen molar-refractivity contribution < 1.29 is 34.4 Å². The highest BCUT2D eigenvalue weighted by Crippen LogP contribution is 2.32. The molecule has 29 heavy (non-hydrogen) atoms. The predicted molar refractivity (Wildman–Crippen MR) is 110 cm³/mol. The van der Waals surface area contributed by atoms with Gasteiger partial charge in [0.15, 0.2) is 6.29 Å². The quantitative estimate of drug-likeness (QED) is 0.229. The van der Waals surface area contributed by atoms with Gasteiger partial charge in [-0.1, -0.05) is 13.8 Å². The predicted octanol–water partition coefficient (Wildman–Crippen LogP) is -0.421. The molecule has 2 amide bonds. The number of aliphatic hydroxyl groups is 3. The maximum Gasteiger partial charge on any atom is 0.249 e. The van der Waals surface area contributed by atoms with Crippen molar-refractivity contribution in [3.05, 3.63) is 0 Å². The molecule has 0 aromatic carbocycles. The maximum absolute atomic E-state index is 12.6. The summed E-state index contributed by atoms with van der Waals surface area (Å²) in [6.45, 7) is 6.18. The molecule has 5 atom stereocenters. The summed E-state index contributed by atoms with van der Waals surface area (Å²) in [5.74, 6) is 0.0445. The van der Waals surface area contributed by atoms with E-state index in [0.29, 0.717) is 12.3 Å². The molecule has 4 unspecified atom stereocenters. The van der Waals surface area contributed by atoms with Crippen LogP contribution in [-0.4, -0.2) is 83.3 Å². The van der Waals surface area contributed by atoms with E-state index in [1.807, 2.05) is 13.8 Å². The molecular formula is C19H36N2O7S. The summed E-state index contributed by atoms with van der Waals surface area (Å²) in [7, 11) is 0. The summed E-state index contributed by atoms with van der Waals surface area (Å²) in [6.07, 6.45) is -3.46. The minimum Gasteiger partial charge on any atom is -0.393 e. The average molecular weight is 437 g/mol. The van der Waals surface area contributed by atoms with Crippen molar-refractivity contribution in [1.29, 1.82) is 0 Å². The number of amides is 2. The summed E-state index contributed by atoms with van der Waals surface area (Å²) in [5, 5.41) is 34.7. The van der Waals surface area contributed by atoms with E-state index in [4.69, 9.17) is 9.47 Å². The van der Waals surface area contributed by atoms with Crippen LogP contribution in [0.2, 0.25) is 0 Å². The number of thiol groups is 1. The first kappa shape index (κ1) is 26.1. The lowest BCUT2D eigenvalue weighted by atomic mass is 9.85. The highest BCUT2D eigenvalue weighted by molar-refractivity contribution is 7.80. The van der Waals surface area contributed by atoms with Crippen LogP contribution in [0.15, 0.2) is 0 Å². The lowest BCUT2D eigenvalue weighted by Crippen LogP contribution is -2.54. The highest BCUT2D eigenvalue weighted by atomic mass is 32.1. The van der Waals surface area contributed by atoms with Crippen LogP contribution in [-0.2, 0) is 19.1 Å². The number of ether oxygens (including phenoxy) is 2. The van der Waals surface area contributed by atoms with Gasteiger partial charge in [0, 0.05) is 37.1 Å². The van der Waals surface area contributed by atoms with E-state index in [1.165, 1.54) is 0 Å². The van der Waals surface area contributed by atoms with E-state index >= 15 is 0 Å². The summed E-state index contributed by atoms with van der Waals surface area (Å²) < 4.78 is 11.4. The van der Waals surface area contributed by atoms with Crippen LogP contribution in [0.4, 0.5) is 0 Å². The SMILES string of the molecule is CC(O)CC(O)CC(O)CC1OCC(C)(C)[C@H](C(=O)NCCC(=O)NCCS)O1. The Hall–Kier alpha value is -0.910. The van der Waals surface area contributed by atoms with Gasteiger partial charge in [0.25, 0.3) is 0 Å². The van der Waals surface area contributed by atoms with Crippen molar-refractivity contribution in [3.8, 4) is 0 Å². The fourth-order valence-corrected chi connectivity index (χ4v) is 3.21. The Bertz CT molecular complexity index is 519. The molecule has 1 aliphatic rings. The van der Waals surface area contributed by atoms with E-state index < -0.39 is 36.1 Å². The zero-order valence-electron chi connectivity index (χ0n) is 17.5. The Kier molecular flexibility index (Phi) is 11.4. The minimum absolute atomic E-state index is 0.0791. The van der Waals surface area contributed by atoms with Crippen LogP contribution in [0.1, 0.15) is 46.5 Å². The van der Waals surface area contributed by atoms with Crippen LogP contribution in [0.5, 0.6) is 0 Å². The normalized spacial score (nSPS) is 24.4. The molecule has 0 aromatic rings. The van der Waals surface area contributed by atoms with E-state index in [9.17, 15) is 24.9 Å². The number of carbonyl (C=O) groups is 2. The molecule has 0 aliphatic carbocycles. The van der Waals surface area contributed by atoms with Gasteiger partial charge in [-0.3, -0.25) is 9.59 Å². The average Bonchev–Trinajstić information content (AvgIpc) is 2.60. The second kappa shape index (κ2) is 12.7. The number of nitrogens with one attached hydrogen (secondary N) is 2. The fraction of sp³-hybridized carbons (Fsp3) is 0.895. The summed E-state index contributed by atoms with van der Waals surface area (Å²) in [6, 6.07) is 0. The number of rotatable bonds is 12. The zero-order valence-corrected chi connectivity index (χ0v) is 18.4. The molecule has 1 fully saturated rings. The van der Waals surface area contributed by atoms with Crippen molar-refractivity contribution in [2.24, 2.45) is 5.41 Å². The second-order valence-corrected chi connectivity index (χ2v) is 8.67. The first-order chi connectivity index (χ1) is 13.5. The van der Waals surface area contributed by atoms with Crippen LogP contribution >= 0.6 is 12.6 Å². The van der Waals surface area contributed by atoms with Crippen molar-refractivity contribution in [1.82, 2.24) is 10.6 Å². The van der Waals surface area contributed by atoms with Crippen LogP contribution in [0.3, 0.4) is 0 Å². The maximum atomic E-state index is 12.6. The molecule has 1 rings (SSSR count). The van der Waals surface area contributed by atoms with Gasteiger partial charge in [0.05, 0.1) is 24.9 Å². The third kappa shape index (κ3) is 10.1. The molecule has 0 aromatic heterocycles. The van der Waals surface area contributed by atoms with Gasteiger partial charge in [0.1, 0.15) is 6.10 Å².